The summed E-state index contributed by atoms with van der Waals surface area (Å²) >= 11 is 0. The van der Waals surface area contributed by atoms with Gasteiger partial charge in [-0.2, -0.15) is 4.31 Å². The van der Waals surface area contributed by atoms with Crippen LogP contribution in [0.1, 0.15) is 32.2 Å². The highest BCUT2D eigenvalue weighted by Crippen LogP contribution is 2.26. The van der Waals surface area contributed by atoms with Crippen LogP contribution in [-0.2, 0) is 14.8 Å². The molecule has 1 aliphatic heterocycles. The average Bonchev–Trinajstić information content (AvgIpc) is 2.97. The second kappa shape index (κ2) is 5.98. The minimum Gasteiger partial charge on any atom is -0.480 e. The fraction of sp³-hybridized carbons (Fsp3) is 0.438. The van der Waals surface area contributed by atoms with Crippen LogP contribution < -0.4 is 0 Å². The highest BCUT2D eigenvalue weighted by atomic mass is 32.2. The molecule has 1 fully saturated rings. The Morgan fingerprint density at radius 1 is 1.17 bits per heavy atom. The van der Waals surface area contributed by atoms with E-state index in [1.165, 1.54) is 4.31 Å². The molecule has 6 nitrogen and oxygen atoms in total. The fourth-order valence-corrected chi connectivity index (χ4v) is 4.57. The summed E-state index contributed by atoms with van der Waals surface area (Å²) in [6.45, 7) is 2.73. The standard InChI is InChI=1S/C16H20N2O4S/c1-12(16(19)20)18-10-7-13-11-14(5-6-15(13)18)23(21,22)17-8-3-2-4-9-17/h5-7,10-12H,2-4,8-9H2,1H3,(H,19,20). The zero-order valence-electron chi connectivity index (χ0n) is 13.0. The van der Waals surface area contributed by atoms with Gasteiger partial charge in [0.2, 0.25) is 10.0 Å². The largest absolute Gasteiger partial charge is 0.480 e. The molecule has 0 bridgehead atoms. The van der Waals surface area contributed by atoms with Crippen molar-refractivity contribution in [1.82, 2.24) is 8.87 Å². The van der Waals surface area contributed by atoms with Gasteiger partial charge >= 0.3 is 5.97 Å². The molecule has 0 radical (unpaired) electrons. The summed E-state index contributed by atoms with van der Waals surface area (Å²) in [6.07, 6.45) is 4.55. The molecule has 23 heavy (non-hydrogen) atoms. The summed E-state index contributed by atoms with van der Waals surface area (Å²) in [5.74, 6) is -0.924. The van der Waals surface area contributed by atoms with E-state index >= 15 is 0 Å². The van der Waals surface area contributed by atoms with Crippen LogP contribution in [0.15, 0.2) is 35.4 Å². The number of hydrogen-bond acceptors (Lipinski definition) is 3. The molecular weight excluding hydrogens is 316 g/mol. The summed E-state index contributed by atoms with van der Waals surface area (Å²) in [4.78, 5) is 11.4. The summed E-state index contributed by atoms with van der Waals surface area (Å²) in [6, 6.07) is 5.94. The molecule has 1 N–H and O–H groups in total. The van der Waals surface area contributed by atoms with Crippen LogP contribution in [0.25, 0.3) is 10.9 Å². The molecule has 2 heterocycles. The van der Waals surface area contributed by atoms with Gasteiger partial charge in [0, 0.05) is 30.2 Å². The molecule has 3 rings (SSSR count). The lowest BCUT2D eigenvalue weighted by Gasteiger charge is -2.25. The van der Waals surface area contributed by atoms with E-state index in [1.54, 1.807) is 42.0 Å². The monoisotopic (exact) mass is 336 g/mol. The van der Waals surface area contributed by atoms with Crippen molar-refractivity contribution in [3.8, 4) is 0 Å². The second-order valence-electron chi connectivity index (χ2n) is 5.92. The molecule has 124 valence electrons. The molecule has 1 aromatic heterocycles. The predicted octanol–water partition coefficient (Wildman–Crippen LogP) is 2.46. The van der Waals surface area contributed by atoms with Gasteiger partial charge in [-0.15, -0.1) is 0 Å². The van der Waals surface area contributed by atoms with Crippen LogP contribution in [-0.4, -0.2) is 41.5 Å². The molecule has 0 saturated carbocycles. The van der Waals surface area contributed by atoms with E-state index in [1.807, 2.05) is 0 Å². The molecule has 0 aliphatic carbocycles. The Hall–Kier alpha value is -1.86. The smallest absolute Gasteiger partial charge is 0.326 e. The van der Waals surface area contributed by atoms with Crippen molar-refractivity contribution in [1.29, 1.82) is 0 Å². The molecular formula is C16H20N2O4S. The van der Waals surface area contributed by atoms with Crippen molar-refractivity contribution < 1.29 is 18.3 Å². The first-order valence-electron chi connectivity index (χ1n) is 7.75. The summed E-state index contributed by atoms with van der Waals surface area (Å²) in [5, 5.41) is 9.88. The van der Waals surface area contributed by atoms with Crippen LogP contribution in [0.3, 0.4) is 0 Å². The lowest BCUT2D eigenvalue weighted by molar-refractivity contribution is -0.140. The van der Waals surface area contributed by atoms with Crippen molar-refractivity contribution in [3.63, 3.8) is 0 Å². The highest BCUT2D eigenvalue weighted by Gasteiger charge is 2.26. The Morgan fingerprint density at radius 3 is 2.52 bits per heavy atom. The topological polar surface area (TPSA) is 79.6 Å². The van der Waals surface area contributed by atoms with Crippen molar-refractivity contribution in [3.05, 3.63) is 30.5 Å². The fourth-order valence-electron chi connectivity index (χ4n) is 3.01. The number of nitrogens with zero attached hydrogens (tertiary/aromatic N) is 2. The minimum absolute atomic E-state index is 0.271. The Labute approximate surface area is 135 Å². The maximum Gasteiger partial charge on any atom is 0.326 e. The molecule has 1 saturated heterocycles. The number of carbonyl (C=O) groups is 1. The number of carboxylic acids is 1. The number of benzene rings is 1. The normalized spacial score (nSPS) is 18.1. The van der Waals surface area contributed by atoms with Crippen LogP contribution in [0.2, 0.25) is 0 Å². The third-order valence-corrected chi connectivity index (χ3v) is 6.31. The number of fused-ring (bicyclic) bond motifs is 1. The van der Waals surface area contributed by atoms with Crippen molar-refractivity contribution in [2.24, 2.45) is 0 Å². The van der Waals surface area contributed by atoms with Gasteiger partial charge in [-0.1, -0.05) is 6.42 Å². The lowest BCUT2D eigenvalue weighted by atomic mass is 10.2. The van der Waals surface area contributed by atoms with E-state index in [4.69, 9.17) is 5.11 Å². The zero-order valence-corrected chi connectivity index (χ0v) is 13.8. The zero-order chi connectivity index (χ0) is 16.6. The maximum atomic E-state index is 12.7. The first kappa shape index (κ1) is 16.0. The van der Waals surface area contributed by atoms with Gasteiger partial charge in [-0.25, -0.2) is 13.2 Å². The van der Waals surface area contributed by atoms with Gasteiger partial charge in [0.15, 0.2) is 0 Å². The molecule has 1 atom stereocenters. The molecule has 1 aliphatic rings. The third kappa shape index (κ3) is 2.86. The van der Waals surface area contributed by atoms with Gasteiger partial charge < -0.3 is 9.67 Å². The predicted molar refractivity (Wildman–Crippen MR) is 86.9 cm³/mol. The van der Waals surface area contributed by atoms with Crippen LogP contribution >= 0.6 is 0 Å². The Bertz CT molecular complexity index is 835. The molecule has 7 heteroatoms. The van der Waals surface area contributed by atoms with Gasteiger partial charge in [0.1, 0.15) is 6.04 Å². The Kier molecular flexibility index (Phi) is 4.16. The Morgan fingerprint density at radius 2 is 1.87 bits per heavy atom. The number of sulfonamides is 1. The molecule has 1 unspecified atom stereocenters. The number of carboxylic acid groups (broad SMARTS) is 1. The number of piperidine rings is 1. The van der Waals surface area contributed by atoms with Gasteiger partial charge in [-0.05, 0) is 44.0 Å². The van der Waals surface area contributed by atoms with Crippen LogP contribution in [0.4, 0.5) is 0 Å². The van der Waals surface area contributed by atoms with E-state index in [9.17, 15) is 13.2 Å². The molecule has 1 aromatic carbocycles. The van der Waals surface area contributed by atoms with Gasteiger partial charge in [-0.3, -0.25) is 0 Å². The third-order valence-electron chi connectivity index (χ3n) is 4.42. The SMILES string of the molecule is CC(C(=O)O)n1ccc2cc(S(=O)(=O)N3CCCCC3)ccc21. The lowest BCUT2D eigenvalue weighted by Crippen LogP contribution is -2.35. The Balaban J connectivity index is 1.99. The van der Waals surface area contributed by atoms with Crippen LogP contribution in [0, 0.1) is 0 Å². The van der Waals surface area contributed by atoms with Crippen molar-refractivity contribution >= 4 is 26.9 Å². The van der Waals surface area contributed by atoms with Gasteiger partial charge in [0.05, 0.1) is 4.90 Å². The average molecular weight is 336 g/mol. The number of rotatable bonds is 4. The van der Waals surface area contributed by atoms with Crippen molar-refractivity contribution in [2.75, 3.05) is 13.1 Å². The first-order valence-corrected chi connectivity index (χ1v) is 9.19. The summed E-state index contributed by atoms with van der Waals surface area (Å²) < 4.78 is 28.6. The van der Waals surface area contributed by atoms with Gasteiger partial charge in [0.25, 0.3) is 0 Å². The number of hydrogen-bond donors (Lipinski definition) is 1. The highest BCUT2D eigenvalue weighted by molar-refractivity contribution is 7.89. The quantitative estimate of drug-likeness (QED) is 0.930. The maximum absolute atomic E-state index is 12.7. The van der Waals surface area contributed by atoms with E-state index in [0.717, 1.165) is 30.2 Å². The van der Waals surface area contributed by atoms with Crippen molar-refractivity contribution in [2.45, 2.75) is 37.1 Å². The van der Waals surface area contributed by atoms with E-state index in [2.05, 4.69) is 0 Å². The molecule has 0 spiro atoms. The number of aliphatic carboxylic acids is 1. The van der Waals surface area contributed by atoms with E-state index in [-0.39, 0.29) is 4.90 Å². The van der Waals surface area contributed by atoms with E-state index in [0.29, 0.717) is 13.1 Å². The minimum atomic E-state index is -3.47. The molecule has 0 amide bonds. The molecule has 2 aromatic rings. The second-order valence-corrected chi connectivity index (χ2v) is 7.86. The summed E-state index contributed by atoms with van der Waals surface area (Å²) in [5.41, 5.74) is 0.720. The first-order chi connectivity index (χ1) is 10.9. The number of aromatic nitrogens is 1. The van der Waals surface area contributed by atoms with Crippen LogP contribution in [0.5, 0.6) is 0 Å². The summed E-state index contributed by atoms with van der Waals surface area (Å²) in [7, 11) is -3.47. The van der Waals surface area contributed by atoms with E-state index < -0.39 is 22.0 Å².